The molecular formula is C18H18FN3O3S. The van der Waals surface area contributed by atoms with Crippen molar-refractivity contribution in [1.82, 2.24) is 14.7 Å². The third-order valence-corrected chi connectivity index (χ3v) is 4.81. The maximum atomic E-state index is 13.4. The summed E-state index contributed by atoms with van der Waals surface area (Å²) in [6, 6.07) is 5.36. The lowest BCUT2D eigenvalue weighted by Gasteiger charge is -2.19. The van der Waals surface area contributed by atoms with Crippen LogP contribution in [0.4, 0.5) is 4.39 Å². The molecule has 0 spiro atoms. The molecule has 2 heterocycles. The first-order valence-corrected chi connectivity index (χ1v) is 8.90. The summed E-state index contributed by atoms with van der Waals surface area (Å²) in [5, 5.41) is 4.37. The molecule has 0 radical (unpaired) electrons. The molecule has 0 saturated carbocycles. The lowest BCUT2D eigenvalue weighted by atomic mass is 10.0. The van der Waals surface area contributed by atoms with Crippen LogP contribution >= 0.6 is 11.3 Å². The lowest BCUT2D eigenvalue weighted by molar-refractivity contribution is -0.144. The van der Waals surface area contributed by atoms with Crippen molar-refractivity contribution in [1.29, 1.82) is 0 Å². The van der Waals surface area contributed by atoms with Gasteiger partial charge in [0.15, 0.2) is 4.96 Å². The number of ether oxygens (including phenoxy) is 1. The summed E-state index contributed by atoms with van der Waals surface area (Å²) in [6.07, 6.45) is 1.68. The molecular weight excluding hydrogens is 357 g/mol. The molecule has 3 rings (SSSR count). The van der Waals surface area contributed by atoms with Gasteiger partial charge in [0.25, 0.3) is 5.91 Å². The van der Waals surface area contributed by atoms with Gasteiger partial charge in [-0.05, 0) is 18.1 Å². The minimum absolute atomic E-state index is 0.119. The summed E-state index contributed by atoms with van der Waals surface area (Å²) < 4.78 is 19.8. The van der Waals surface area contributed by atoms with E-state index >= 15 is 0 Å². The first kappa shape index (κ1) is 18.1. The molecule has 0 aliphatic rings. The Labute approximate surface area is 153 Å². The Bertz CT molecular complexity index is 964. The van der Waals surface area contributed by atoms with Crippen molar-refractivity contribution in [2.24, 2.45) is 5.92 Å². The summed E-state index contributed by atoms with van der Waals surface area (Å²) in [7, 11) is 1.29. The highest BCUT2D eigenvalue weighted by Crippen LogP contribution is 2.24. The van der Waals surface area contributed by atoms with E-state index in [9.17, 15) is 14.0 Å². The molecule has 2 aromatic heterocycles. The van der Waals surface area contributed by atoms with E-state index in [1.165, 1.54) is 30.6 Å². The van der Waals surface area contributed by atoms with Crippen molar-refractivity contribution in [2.75, 3.05) is 7.11 Å². The number of nitrogens with one attached hydrogen (secondary N) is 1. The number of halogens is 1. The predicted molar refractivity (Wildman–Crippen MR) is 96.6 cm³/mol. The number of carbonyl (C=O) groups is 2. The molecule has 6 nitrogen and oxygen atoms in total. The van der Waals surface area contributed by atoms with Gasteiger partial charge in [0.2, 0.25) is 0 Å². The largest absolute Gasteiger partial charge is 0.467 e. The van der Waals surface area contributed by atoms with Crippen LogP contribution in [-0.4, -0.2) is 34.4 Å². The van der Waals surface area contributed by atoms with E-state index in [1.807, 2.05) is 13.8 Å². The van der Waals surface area contributed by atoms with Crippen LogP contribution in [0.1, 0.15) is 24.3 Å². The Balaban J connectivity index is 1.91. The second-order valence-electron chi connectivity index (χ2n) is 6.13. The van der Waals surface area contributed by atoms with E-state index in [0.717, 1.165) is 0 Å². The van der Waals surface area contributed by atoms with Gasteiger partial charge in [0.05, 0.1) is 12.8 Å². The molecule has 0 unspecified atom stereocenters. The topological polar surface area (TPSA) is 72.7 Å². The molecule has 0 saturated heterocycles. The van der Waals surface area contributed by atoms with Gasteiger partial charge in [-0.3, -0.25) is 9.20 Å². The zero-order valence-electron chi connectivity index (χ0n) is 14.5. The van der Waals surface area contributed by atoms with E-state index < -0.39 is 17.9 Å². The number of methoxy groups -OCH3 is 1. The zero-order valence-corrected chi connectivity index (χ0v) is 15.3. The fraction of sp³-hybridized carbons (Fsp3) is 0.278. The summed E-state index contributed by atoms with van der Waals surface area (Å²) in [5.74, 6) is -1.37. The van der Waals surface area contributed by atoms with Crippen molar-refractivity contribution in [3.8, 4) is 11.3 Å². The molecule has 1 N–H and O–H groups in total. The molecule has 26 heavy (non-hydrogen) atoms. The van der Waals surface area contributed by atoms with Crippen LogP contribution in [-0.2, 0) is 9.53 Å². The number of imidazole rings is 1. The van der Waals surface area contributed by atoms with Crippen LogP contribution in [0.15, 0.2) is 35.8 Å². The Morgan fingerprint density at radius 3 is 2.77 bits per heavy atom. The number of hydrogen-bond acceptors (Lipinski definition) is 5. The van der Waals surface area contributed by atoms with Crippen LogP contribution in [0.2, 0.25) is 0 Å². The number of rotatable bonds is 5. The number of esters is 1. The minimum Gasteiger partial charge on any atom is -0.467 e. The number of fused-ring (bicyclic) bond motifs is 1. The maximum absolute atomic E-state index is 13.4. The van der Waals surface area contributed by atoms with Crippen LogP contribution in [0.5, 0.6) is 0 Å². The van der Waals surface area contributed by atoms with Crippen LogP contribution in [0.3, 0.4) is 0 Å². The van der Waals surface area contributed by atoms with E-state index in [0.29, 0.717) is 21.9 Å². The Morgan fingerprint density at radius 1 is 1.35 bits per heavy atom. The van der Waals surface area contributed by atoms with Crippen molar-refractivity contribution in [2.45, 2.75) is 19.9 Å². The van der Waals surface area contributed by atoms with Crippen LogP contribution in [0, 0.1) is 11.7 Å². The zero-order chi connectivity index (χ0) is 18.8. The first-order chi connectivity index (χ1) is 12.4. The maximum Gasteiger partial charge on any atom is 0.328 e. The van der Waals surface area contributed by atoms with Gasteiger partial charge in [-0.15, -0.1) is 11.3 Å². The predicted octanol–water partition coefficient (Wildman–Crippen LogP) is 3.13. The SMILES string of the molecule is COC(=O)[C@@H](NC(=O)c1csc2nc(-c3cccc(F)c3)cn12)C(C)C. The highest BCUT2D eigenvalue weighted by molar-refractivity contribution is 7.15. The molecule has 1 aromatic carbocycles. The highest BCUT2D eigenvalue weighted by atomic mass is 32.1. The van der Waals surface area contributed by atoms with E-state index in [1.54, 1.807) is 28.1 Å². The third-order valence-electron chi connectivity index (χ3n) is 3.97. The number of thiazole rings is 1. The standard InChI is InChI=1S/C18H18FN3O3S/c1-10(2)15(17(24)25-3)21-16(23)14-9-26-18-20-13(8-22(14)18)11-5-4-6-12(19)7-11/h4-10,15H,1-3H3,(H,21,23)/t15-/m0/s1. The molecule has 0 fully saturated rings. The fourth-order valence-corrected chi connectivity index (χ4v) is 3.43. The first-order valence-electron chi connectivity index (χ1n) is 8.02. The molecule has 8 heteroatoms. The van der Waals surface area contributed by atoms with E-state index in [2.05, 4.69) is 10.3 Å². The number of aromatic nitrogens is 2. The molecule has 0 bridgehead atoms. The normalized spacial score (nSPS) is 12.3. The summed E-state index contributed by atoms with van der Waals surface area (Å²) in [4.78, 5) is 29.5. The average molecular weight is 375 g/mol. The number of benzene rings is 1. The van der Waals surface area contributed by atoms with E-state index in [-0.39, 0.29) is 11.7 Å². The van der Waals surface area contributed by atoms with Crippen molar-refractivity contribution < 1.29 is 18.7 Å². The molecule has 3 aromatic rings. The second kappa shape index (κ2) is 7.25. The van der Waals surface area contributed by atoms with Gasteiger partial charge in [-0.1, -0.05) is 26.0 Å². The lowest BCUT2D eigenvalue weighted by Crippen LogP contribution is -2.45. The summed E-state index contributed by atoms with van der Waals surface area (Å²) in [6.45, 7) is 3.65. The van der Waals surface area contributed by atoms with Gasteiger partial charge in [0, 0.05) is 17.1 Å². The average Bonchev–Trinajstić information content (AvgIpc) is 3.19. The van der Waals surface area contributed by atoms with Crippen LogP contribution < -0.4 is 5.32 Å². The number of amides is 1. The van der Waals surface area contributed by atoms with Crippen molar-refractivity contribution in [3.63, 3.8) is 0 Å². The fourth-order valence-electron chi connectivity index (χ4n) is 2.57. The minimum atomic E-state index is -0.742. The van der Waals surface area contributed by atoms with Gasteiger partial charge < -0.3 is 10.1 Å². The molecule has 0 aliphatic carbocycles. The van der Waals surface area contributed by atoms with Crippen LogP contribution in [0.25, 0.3) is 16.2 Å². The highest BCUT2D eigenvalue weighted by Gasteiger charge is 2.26. The van der Waals surface area contributed by atoms with E-state index in [4.69, 9.17) is 4.74 Å². The Kier molecular flexibility index (Phi) is 5.03. The molecule has 136 valence electrons. The number of hydrogen-bond donors (Lipinski definition) is 1. The number of nitrogens with zero attached hydrogens (tertiary/aromatic N) is 2. The third kappa shape index (κ3) is 3.45. The Morgan fingerprint density at radius 2 is 2.12 bits per heavy atom. The smallest absolute Gasteiger partial charge is 0.328 e. The van der Waals surface area contributed by atoms with Gasteiger partial charge >= 0.3 is 5.97 Å². The molecule has 1 atom stereocenters. The van der Waals surface area contributed by atoms with Crippen molar-refractivity contribution in [3.05, 3.63) is 47.4 Å². The summed E-state index contributed by atoms with van der Waals surface area (Å²) >= 11 is 1.29. The van der Waals surface area contributed by atoms with Gasteiger partial charge in [-0.2, -0.15) is 0 Å². The van der Waals surface area contributed by atoms with Crippen molar-refractivity contribution >= 4 is 28.2 Å². The van der Waals surface area contributed by atoms with Gasteiger partial charge in [-0.25, -0.2) is 14.2 Å². The number of carbonyl (C=O) groups excluding carboxylic acids is 2. The monoisotopic (exact) mass is 375 g/mol. The quantitative estimate of drug-likeness (QED) is 0.696. The Hall–Kier alpha value is -2.74. The molecule has 1 amide bonds. The second-order valence-corrected chi connectivity index (χ2v) is 6.96. The van der Waals surface area contributed by atoms with Gasteiger partial charge in [0.1, 0.15) is 17.6 Å². The molecule has 0 aliphatic heterocycles. The summed E-state index contributed by atoms with van der Waals surface area (Å²) in [5.41, 5.74) is 1.55.